The molecule has 2 aromatic rings. The molecule has 2 unspecified atom stereocenters. The first-order chi connectivity index (χ1) is 14.8. The van der Waals surface area contributed by atoms with Gasteiger partial charge in [0.25, 0.3) is 5.91 Å². The smallest absolute Gasteiger partial charge is 0.382 e. The van der Waals surface area contributed by atoms with Crippen molar-refractivity contribution in [3.63, 3.8) is 0 Å². The molecule has 0 bridgehead atoms. The molecular formula is C22H29F3N4O2. The molecule has 1 aliphatic heterocycles. The molecule has 6 nitrogen and oxygen atoms in total. The predicted octanol–water partition coefficient (Wildman–Crippen LogP) is 3.76. The molecule has 2 atom stereocenters. The van der Waals surface area contributed by atoms with Crippen LogP contribution in [0.15, 0.2) is 36.5 Å². The van der Waals surface area contributed by atoms with Crippen LogP contribution in [0.5, 0.6) is 0 Å². The molecule has 0 spiro atoms. The lowest BCUT2D eigenvalue weighted by Gasteiger charge is -2.37. The van der Waals surface area contributed by atoms with Crippen LogP contribution >= 0.6 is 0 Å². The van der Waals surface area contributed by atoms with Crippen LogP contribution in [-0.4, -0.2) is 59.5 Å². The van der Waals surface area contributed by atoms with Crippen LogP contribution in [0.25, 0.3) is 5.69 Å². The number of nitrogens with zero attached hydrogens (tertiary/aromatic N) is 3. The topological polar surface area (TPSA) is 59.4 Å². The molecule has 9 heteroatoms. The van der Waals surface area contributed by atoms with E-state index in [1.165, 1.54) is 6.20 Å². The number of likely N-dealkylation sites (tertiary alicyclic amines) is 1. The zero-order valence-corrected chi connectivity index (χ0v) is 17.9. The maximum absolute atomic E-state index is 12.7. The molecular weight excluding hydrogens is 409 g/mol. The molecule has 0 radical (unpaired) electrons. The second-order valence-corrected chi connectivity index (χ2v) is 7.89. The number of carbonyl (C=O) groups excluding carboxylic acids is 1. The first kappa shape index (κ1) is 23.3. The highest BCUT2D eigenvalue weighted by Gasteiger charge is 2.33. The summed E-state index contributed by atoms with van der Waals surface area (Å²) in [7, 11) is 0. The molecule has 1 fully saturated rings. The van der Waals surface area contributed by atoms with Gasteiger partial charge in [-0.25, -0.2) is 4.68 Å². The first-order valence-electron chi connectivity index (χ1n) is 10.6. The fraction of sp³-hybridized carbons (Fsp3) is 0.545. The number of halogens is 3. The number of piperidine rings is 1. The van der Waals surface area contributed by atoms with Crippen molar-refractivity contribution >= 4 is 5.91 Å². The number of hydrogen-bond acceptors (Lipinski definition) is 4. The van der Waals surface area contributed by atoms with Crippen molar-refractivity contribution in [2.24, 2.45) is 5.92 Å². The monoisotopic (exact) mass is 438 g/mol. The summed E-state index contributed by atoms with van der Waals surface area (Å²) in [6.07, 6.45) is -1.35. The minimum absolute atomic E-state index is 0.0933. The standard InChI is InChI=1S/C22H29F3N4O2/c1-3-31-14-4-11-28-12-9-19(16(2)15-28)26-21(30)17-5-7-18(8-6-17)29-13-10-20(27-29)22(23,24)25/h5-8,10,13,16,19H,3-4,9,11-12,14-15H2,1-2H3,(H,26,30). The molecule has 1 aromatic carbocycles. The van der Waals surface area contributed by atoms with Crippen LogP contribution in [0.3, 0.4) is 0 Å². The highest BCUT2D eigenvalue weighted by atomic mass is 19.4. The van der Waals surface area contributed by atoms with Gasteiger partial charge in [-0.05, 0) is 56.0 Å². The molecule has 2 heterocycles. The van der Waals surface area contributed by atoms with Crippen molar-refractivity contribution in [2.75, 3.05) is 32.8 Å². The summed E-state index contributed by atoms with van der Waals surface area (Å²) in [4.78, 5) is 15.1. The maximum Gasteiger partial charge on any atom is 0.435 e. The quantitative estimate of drug-likeness (QED) is 0.638. The van der Waals surface area contributed by atoms with Crippen LogP contribution in [0, 0.1) is 5.92 Å². The molecule has 1 aromatic heterocycles. The number of alkyl halides is 3. The van der Waals surface area contributed by atoms with E-state index in [1.54, 1.807) is 24.3 Å². The highest BCUT2D eigenvalue weighted by Crippen LogP contribution is 2.28. The van der Waals surface area contributed by atoms with E-state index in [0.717, 1.165) is 56.4 Å². The summed E-state index contributed by atoms with van der Waals surface area (Å²) in [5, 5.41) is 6.65. The number of rotatable bonds is 8. The van der Waals surface area contributed by atoms with E-state index in [4.69, 9.17) is 4.74 Å². The number of carbonyl (C=O) groups is 1. The van der Waals surface area contributed by atoms with Gasteiger partial charge >= 0.3 is 6.18 Å². The van der Waals surface area contributed by atoms with Gasteiger partial charge in [-0.1, -0.05) is 6.92 Å². The van der Waals surface area contributed by atoms with Gasteiger partial charge in [0.2, 0.25) is 0 Å². The average Bonchev–Trinajstić information content (AvgIpc) is 3.24. The lowest BCUT2D eigenvalue weighted by Crippen LogP contribution is -2.50. The van der Waals surface area contributed by atoms with Gasteiger partial charge in [0, 0.05) is 50.7 Å². The van der Waals surface area contributed by atoms with E-state index >= 15 is 0 Å². The molecule has 3 rings (SSSR count). The third-order valence-electron chi connectivity index (χ3n) is 5.55. The lowest BCUT2D eigenvalue weighted by atomic mass is 9.93. The van der Waals surface area contributed by atoms with E-state index in [-0.39, 0.29) is 11.9 Å². The van der Waals surface area contributed by atoms with E-state index in [0.29, 0.717) is 17.2 Å². The second-order valence-electron chi connectivity index (χ2n) is 7.89. The van der Waals surface area contributed by atoms with E-state index in [2.05, 4.69) is 22.2 Å². The van der Waals surface area contributed by atoms with Crippen molar-refractivity contribution in [3.05, 3.63) is 47.8 Å². The third kappa shape index (κ3) is 6.30. The molecule has 1 N–H and O–H groups in total. The number of aromatic nitrogens is 2. The predicted molar refractivity (Wildman–Crippen MR) is 111 cm³/mol. The normalized spacial score (nSPS) is 20.0. The molecule has 31 heavy (non-hydrogen) atoms. The van der Waals surface area contributed by atoms with Gasteiger partial charge in [-0.3, -0.25) is 4.79 Å². The molecule has 1 aliphatic rings. The third-order valence-corrected chi connectivity index (χ3v) is 5.55. The summed E-state index contributed by atoms with van der Waals surface area (Å²) >= 11 is 0. The van der Waals surface area contributed by atoms with Gasteiger partial charge in [-0.2, -0.15) is 18.3 Å². The minimum Gasteiger partial charge on any atom is -0.382 e. The van der Waals surface area contributed by atoms with Crippen LogP contribution in [0.1, 0.15) is 42.7 Å². The Bertz CT molecular complexity index is 851. The van der Waals surface area contributed by atoms with Crippen LogP contribution in [-0.2, 0) is 10.9 Å². The number of nitrogens with one attached hydrogen (secondary N) is 1. The Labute approximate surface area is 180 Å². The minimum atomic E-state index is -4.49. The van der Waals surface area contributed by atoms with Crippen molar-refractivity contribution in [1.82, 2.24) is 20.0 Å². The Morgan fingerprint density at radius 1 is 1.26 bits per heavy atom. The van der Waals surface area contributed by atoms with Crippen molar-refractivity contribution in [2.45, 2.75) is 38.9 Å². The van der Waals surface area contributed by atoms with Gasteiger partial charge < -0.3 is 15.0 Å². The largest absolute Gasteiger partial charge is 0.435 e. The first-order valence-corrected chi connectivity index (χ1v) is 10.6. The van der Waals surface area contributed by atoms with Crippen molar-refractivity contribution < 1.29 is 22.7 Å². The van der Waals surface area contributed by atoms with E-state index in [9.17, 15) is 18.0 Å². The summed E-state index contributed by atoms with van der Waals surface area (Å²) in [5.41, 5.74) is -0.0217. The SMILES string of the molecule is CCOCCCN1CCC(NC(=O)c2ccc(-n3ccc(C(F)(F)F)n3)cc2)C(C)C1. The molecule has 1 saturated heterocycles. The van der Waals surface area contributed by atoms with Crippen LogP contribution in [0.2, 0.25) is 0 Å². The highest BCUT2D eigenvalue weighted by molar-refractivity contribution is 5.94. The molecule has 0 saturated carbocycles. The fourth-order valence-electron chi connectivity index (χ4n) is 3.82. The van der Waals surface area contributed by atoms with E-state index in [1.807, 2.05) is 6.92 Å². The Hall–Kier alpha value is -2.39. The summed E-state index contributed by atoms with van der Waals surface area (Å²) in [5.74, 6) is 0.151. The maximum atomic E-state index is 12.7. The van der Waals surface area contributed by atoms with Gasteiger partial charge in [0.15, 0.2) is 5.69 Å². The van der Waals surface area contributed by atoms with Gasteiger partial charge in [0.1, 0.15) is 0 Å². The molecule has 0 aliphatic carbocycles. The Balaban J connectivity index is 1.52. The Morgan fingerprint density at radius 2 is 2.00 bits per heavy atom. The number of benzene rings is 1. The fourth-order valence-corrected chi connectivity index (χ4v) is 3.82. The zero-order chi connectivity index (χ0) is 22.4. The van der Waals surface area contributed by atoms with Crippen LogP contribution in [0.4, 0.5) is 13.2 Å². The lowest BCUT2D eigenvalue weighted by molar-refractivity contribution is -0.141. The second kappa shape index (κ2) is 10.3. The number of amides is 1. The number of ether oxygens (including phenoxy) is 1. The van der Waals surface area contributed by atoms with E-state index < -0.39 is 11.9 Å². The average molecular weight is 438 g/mol. The zero-order valence-electron chi connectivity index (χ0n) is 17.9. The summed E-state index contributed by atoms with van der Waals surface area (Å²) < 4.78 is 44.7. The van der Waals surface area contributed by atoms with Gasteiger partial charge in [0.05, 0.1) is 5.69 Å². The number of hydrogen-bond donors (Lipinski definition) is 1. The van der Waals surface area contributed by atoms with Crippen molar-refractivity contribution in [3.8, 4) is 5.69 Å². The summed E-state index contributed by atoms with van der Waals surface area (Å²) in [6.45, 7) is 8.49. The summed E-state index contributed by atoms with van der Waals surface area (Å²) in [6, 6.07) is 7.40. The van der Waals surface area contributed by atoms with Crippen LogP contribution < -0.4 is 5.32 Å². The molecule has 170 valence electrons. The van der Waals surface area contributed by atoms with Gasteiger partial charge in [-0.15, -0.1) is 0 Å². The Morgan fingerprint density at radius 3 is 2.61 bits per heavy atom. The Kier molecular flexibility index (Phi) is 7.72. The molecule has 1 amide bonds. The van der Waals surface area contributed by atoms with Crippen molar-refractivity contribution in [1.29, 1.82) is 0 Å².